The zero-order chi connectivity index (χ0) is 25.3. The number of pyridine rings is 1. The van der Waals surface area contributed by atoms with Crippen LogP contribution in [0.2, 0.25) is 0 Å². The van der Waals surface area contributed by atoms with Gasteiger partial charge in [-0.15, -0.1) is 10.2 Å². The lowest BCUT2D eigenvalue weighted by molar-refractivity contribution is 0.0646. The molecule has 5 aromatic heterocycles. The summed E-state index contributed by atoms with van der Waals surface area (Å²) in [5.74, 6) is -1.33. The van der Waals surface area contributed by atoms with E-state index >= 15 is 0 Å². The third kappa shape index (κ3) is 3.45. The lowest BCUT2D eigenvalue weighted by atomic mass is 9.99. The average molecular weight is 524 g/mol. The van der Waals surface area contributed by atoms with Crippen LogP contribution < -0.4 is 0 Å². The van der Waals surface area contributed by atoms with Crippen LogP contribution in [-0.4, -0.2) is 70.0 Å². The Morgan fingerprint density at radius 3 is 2.92 bits per heavy atom. The minimum Gasteiger partial charge on any atom is -0.412 e. The van der Waals surface area contributed by atoms with Crippen molar-refractivity contribution < 1.29 is 22.0 Å². The van der Waals surface area contributed by atoms with Crippen molar-refractivity contribution in [2.75, 3.05) is 6.54 Å². The van der Waals surface area contributed by atoms with Crippen LogP contribution in [0.5, 0.6) is 0 Å². The Hall–Kier alpha value is -4.40. The summed E-state index contributed by atoms with van der Waals surface area (Å²) in [6, 6.07) is 3.74. The van der Waals surface area contributed by atoms with Crippen molar-refractivity contribution in [1.29, 1.82) is 0 Å². The molecule has 1 N–H and O–H groups in total. The van der Waals surface area contributed by atoms with Crippen LogP contribution in [0.1, 0.15) is 46.7 Å². The van der Waals surface area contributed by atoms with Crippen molar-refractivity contribution in [3.8, 4) is 11.5 Å². The number of amides is 1. The van der Waals surface area contributed by atoms with Gasteiger partial charge in [0.25, 0.3) is 15.9 Å². The predicted molar refractivity (Wildman–Crippen MR) is 123 cm³/mol. The van der Waals surface area contributed by atoms with E-state index in [2.05, 4.69) is 30.4 Å². The SMILES string of the molecule is O=C(c1nnc(-c2cnn(S(=O)(=O)C3CC3)c2)o1)N1CCc2[nH]cnc2[C@H]1c1cc2c(F)cccn2n1. The number of carbonyl (C=O) groups is 1. The van der Waals surface area contributed by atoms with Crippen LogP contribution in [0, 0.1) is 5.82 Å². The first-order chi connectivity index (χ1) is 17.9. The fraction of sp³-hybridized carbons (Fsp3) is 0.273. The third-order valence-corrected chi connectivity index (χ3v) is 8.59. The van der Waals surface area contributed by atoms with Crippen molar-refractivity contribution in [2.45, 2.75) is 30.6 Å². The van der Waals surface area contributed by atoms with Gasteiger partial charge in [-0.05, 0) is 31.0 Å². The zero-order valence-electron chi connectivity index (χ0n) is 19.0. The van der Waals surface area contributed by atoms with Gasteiger partial charge in [-0.3, -0.25) is 4.79 Å². The molecular weight excluding hydrogens is 505 g/mol. The van der Waals surface area contributed by atoms with Crippen LogP contribution in [-0.2, 0) is 16.4 Å². The highest BCUT2D eigenvalue weighted by Gasteiger charge is 2.39. The number of imidazole rings is 1. The highest BCUT2D eigenvalue weighted by atomic mass is 32.2. The van der Waals surface area contributed by atoms with E-state index in [1.165, 1.54) is 27.9 Å². The van der Waals surface area contributed by atoms with Crippen LogP contribution in [0.15, 0.2) is 47.5 Å². The van der Waals surface area contributed by atoms with E-state index in [1.807, 2.05) is 0 Å². The zero-order valence-corrected chi connectivity index (χ0v) is 19.8. The quantitative estimate of drug-likeness (QED) is 0.361. The number of nitrogens with one attached hydrogen (secondary N) is 1. The summed E-state index contributed by atoms with van der Waals surface area (Å²) in [6.07, 6.45) is 7.46. The number of aromatic nitrogens is 8. The molecule has 5 aromatic rings. The maximum Gasteiger partial charge on any atom is 0.312 e. The number of carbonyl (C=O) groups excluding carboxylic acids is 1. The van der Waals surface area contributed by atoms with Crippen molar-refractivity contribution >= 4 is 21.4 Å². The van der Waals surface area contributed by atoms with E-state index in [-0.39, 0.29) is 22.9 Å². The second kappa shape index (κ2) is 7.80. The van der Waals surface area contributed by atoms with Gasteiger partial charge in [0, 0.05) is 24.9 Å². The molecule has 0 unspecified atom stereocenters. The first-order valence-corrected chi connectivity index (χ1v) is 13.0. The Balaban J connectivity index is 1.23. The minimum atomic E-state index is -3.56. The Labute approximate surface area is 208 Å². The number of aromatic amines is 1. The standard InChI is InChI=1S/C22H18FN9O4S/c23-14-2-1-6-31-17(14)8-16(29-31)19-18-15(24-11-25-18)5-7-30(19)22(33)21-28-27-20(36-21)12-9-26-32(10-12)37(34,35)13-3-4-13/h1-2,6,8-11,13,19H,3-5,7H2,(H,24,25)/t19-/m1/s1. The Kier molecular flexibility index (Phi) is 4.60. The molecule has 1 amide bonds. The molecule has 0 bridgehead atoms. The highest BCUT2D eigenvalue weighted by molar-refractivity contribution is 7.90. The summed E-state index contributed by atoms with van der Waals surface area (Å²) in [4.78, 5) is 22.6. The molecule has 0 aromatic carbocycles. The highest BCUT2D eigenvalue weighted by Crippen LogP contribution is 2.35. The lowest BCUT2D eigenvalue weighted by Gasteiger charge is -2.32. The number of fused-ring (bicyclic) bond motifs is 2. The molecular formula is C22H18FN9O4S. The number of hydrogen-bond donors (Lipinski definition) is 1. The first-order valence-electron chi connectivity index (χ1n) is 11.5. The molecule has 15 heteroatoms. The third-order valence-electron chi connectivity index (χ3n) is 6.56. The van der Waals surface area contributed by atoms with Crippen LogP contribution in [0.25, 0.3) is 17.0 Å². The van der Waals surface area contributed by atoms with Crippen molar-refractivity contribution in [2.24, 2.45) is 0 Å². The Morgan fingerprint density at radius 2 is 2.11 bits per heavy atom. The van der Waals surface area contributed by atoms with E-state index in [0.29, 0.717) is 37.2 Å². The molecule has 0 radical (unpaired) electrons. The van der Waals surface area contributed by atoms with Gasteiger partial charge in [0.2, 0.25) is 0 Å². The maximum atomic E-state index is 14.4. The van der Waals surface area contributed by atoms with Crippen molar-refractivity contribution in [3.63, 3.8) is 0 Å². The molecule has 1 aliphatic heterocycles. The van der Waals surface area contributed by atoms with E-state index in [9.17, 15) is 17.6 Å². The van der Waals surface area contributed by atoms with Crippen LogP contribution >= 0.6 is 0 Å². The summed E-state index contributed by atoms with van der Waals surface area (Å²) in [6.45, 7) is 0.296. The van der Waals surface area contributed by atoms with Crippen molar-refractivity contribution in [3.05, 3.63) is 71.9 Å². The molecule has 37 heavy (non-hydrogen) atoms. The topological polar surface area (TPSA) is 157 Å². The summed E-state index contributed by atoms with van der Waals surface area (Å²) in [7, 11) is -3.56. The van der Waals surface area contributed by atoms with E-state index in [4.69, 9.17) is 4.42 Å². The van der Waals surface area contributed by atoms with E-state index in [0.717, 1.165) is 9.78 Å². The Bertz CT molecular complexity index is 1780. The lowest BCUT2D eigenvalue weighted by Crippen LogP contribution is -2.41. The molecule has 13 nitrogen and oxygen atoms in total. The van der Waals surface area contributed by atoms with Crippen molar-refractivity contribution in [1.82, 2.24) is 43.9 Å². The molecule has 188 valence electrons. The number of H-pyrrole nitrogens is 1. The number of nitrogens with zero attached hydrogens (tertiary/aromatic N) is 8. The summed E-state index contributed by atoms with van der Waals surface area (Å²) >= 11 is 0. The van der Waals surface area contributed by atoms with Gasteiger partial charge in [0.15, 0.2) is 0 Å². The molecule has 2 aliphatic rings. The summed E-state index contributed by atoms with van der Waals surface area (Å²) in [5, 5.41) is 15.8. The average Bonchev–Trinajstić information content (AvgIpc) is 3.33. The Morgan fingerprint density at radius 1 is 1.24 bits per heavy atom. The second-order valence-corrected chi connectivity index (χ2v) is 11.0. The maximum absolute atomic E-state index is 14.4. The van der Waals surface area contributed by atoms with E-state index in [1.54, 1.807) is 24.7 Å². The molecule has 1 aliphatic carbocycles. The summed E-state index contributed by atoms with van der Waals surface area (Å²) in [5.41, 5.74) is 2.41. The molecule has 1 fully saturated rings. The fourth-order valence-electron chi connectivity index (χ4n) is 4.55. The monoisotopic (exact) mass is 523 g/mol. The van der Waals surface area contributed by atoms with Gasteiger partial charge in [0.05, 0.1) is 40.9 Å². The van der Waals surface area contributed by atoms with Gasteiger partial charge < -0.3 is 14.3 Å². The minimum absolute atomic E-state index is 0.0376. The molecule has 1 atom stereocenters. The van der Waals surface area contributed by atoms with Crippen LogP contribution in [0.3, 0.4) is 0 Å². The molecule has 0 saturated heterocycles. The fourth-order valence-corrected chi connectivity index (χ4v) is 6.03. The predicted octanol–water partition coefficient (Wildman–Crippen LogP) is 1.57. The van der Waals surface area contributed by atoms with E-state index < -0.39 is 33.0 Å². The number of hydrogen-bond acceptors (Lipinski definition) is 9. The summed E-state index contributed by atoms with van der Waals surface area (Å²) < 4.78 is 47.2. The second-order valence-electron chi connectivity index (χ2n) is 8.93. The number of rotatable bonds is 5. The smallest absolute Gasteiger partial charge is 0.312 e. The van der Waals surface area contributed by atoms with Gasteiger partial charge in [-0.1, -0.05) is 0 Å². The van der Waals surface area contributed by atoms with Gasteiger partial charge in [0.1, 0.15) is 17.4 Å². The van der Waals surface area contributed by atoms with Gasteiger partial charge in [-0.25, -0.2) is 22.3 Å². The normalized spacial score (nSPS) is 17.9. The van der Waals surface area contributed by atoms with Gasteiger partial charge >= 0.3 is 11.8 Å². The number of halogens is 1. The largest absolute Gasteiger partial charge is 0.412 e. The molecule has 7 rings (SSSR count). The first kappa shape index (κ1) is 21.8. The van der Waals surface area contributed by atoms with Gasteiger partial charge in [-0.2, -0.15) is 14.3 Å². The molecule has 1 saturated carbocycles. The molecule has 6 heterocycles. The molecule has 0 spiro atoms. The van der Waals surface area contributed by atoms with Crippen LogP contribution in [0.4, 0.5) is 4.39 Å².